The fraction of sp³-hybridized carbons (Fsp3) is 0.240. The summed E-state index contributed by atoms with van der Waals surface area (Å²) in [6.45, 7) is 7.03. The molecule has 1 amide bonds. The Kier molecular flexibility index (Phi) is 6.97. The van der Waals surface area contributed by atoms with Crippen LogP contribution in [0.1, 0.15) is 16.3 Å². The molecule has 0 spiro atoms. The highest BCUT2D eigenvalue weighted by Crippen LogP contribution is 2.31. The molecule has 0 saturated carbocycles. The zero-order valence-corrected chi connectivity index (χ0v) is 21.1. The van der Waals surface area contributed by atoms with E-state index in [9.17, 15) is 4.79 Å². The molecule has 1 aliphatic rings. The van der Waals surface area contributed by atoms with Crippen molar-refractivity contribution in [2.75, 3.05) is 18.4 Å². The zero-order chi connectivity index (χ0) is 25.1. The number of halogens is 1. The number of pyridine rings is 1. The number of carbonyl (C=O) groups excluding carboxylic acids is 1. The number of thiazole rings is 1. The fourth-order valence-corrected chi connectivity index (χ4v) is 4.80. The van der Waals surface area contributed by atoms with Crippen molar-refractivity contribution >= 4 is 51.4 Å². The Balaban J connectivity index is 1.30. The summed E-state index contributed by atoms with van der Waals surface area (Å²) in [7, 11) is 0. The van der Waals surface area contributed by atoms with E-state index >= 15 is 0 Å². The Morgan fingerprint density at radius 2 is 2.19 bits per heavy atom. The number of rotatable bonds is 8. The predicted molar refractivity (Wildman–Crippen MR) is 139 cm³/mol. The van der Waals surface area contributed by atoms with Gasteiger partial charge in [0.15, 0.2) is 5.82 Å². The smallest absolute Gasteiger partial charge is 0.246 e. The summed E-state index contributed by atoms with van der Waals surface area (Å²) in [6, 6.07) is 9.03. The standard InChI is InChI=1S/C25H23ClN6O3S/c1-3-23(33)32-9-8-17(12-32)35-22-7-5-20-24(31-22)25(29-14-28-20)30-16-4-6-21(19(26)10-16)34-13-18-11-27-15(2)36-18/h3-7,10-11,14,17H,1,8-9,12-13H2,2H3,(H,28,29,30). The van der Waals surface area contributed by atoms with Crippen LogP contribution in [0, 0.1) is 6.92 Å². The van der Waals surface area contributed by atoms with E-state index in [1.165, 1.54) is 12.4 Å². The van der Waals surface area contributed by atoms with Gasteiger partial charge in [-0.05, 0) is 37.3 Å². The third-order valence-electron chi connectivity index (χ3n) is 5.61. The van der Waals surface area contributed by atoms with Crippen molar-refractivity contribution < 1.29 is 14.3 Å². The van der Waals surface area contributed by atoms with Crippen LogP contribution in [0.2, 0.25) is 5.02 Å². The number of fused-ring (bicyclic) bond motifs is 1. The third kappa shape index (κ3) is 5.39. The first-order valence-electron chi connectivity index (χ1n) is 11.3. The highest BCUT2D eigenvalue weighted by atomic mass is 35.5. The maximum atomic E-state index is 11.8. The Hall–Kier alpha value is -3.76. The molecule has 9 nitrogen and oxygen atoms in total. The van der Waals surface area contributed by atoms with Gasteiger partial charge in [-0.3, -0.25) is 4.79 Å². The highest BCUT2D eigenvalue weighted by molar-refractivity contribution is 7.11. The van der Waals surface area contributed by atoms with Crippen molar-refractivity contribution in [3.63, 3.8) is 0 Å². The molecule has 0 aliphatic carbocycles. The first-order valence-corrected chi connectivity index (χ1v) is 12.5. The van der Waals surface area contributed by atoms with Crippen LogP contribution < -0.4 is 14.8 Å². The van der Waals surface area contributed by atoms with E-state index in [-0.39, 0.29) is 12.0 Å². The lowest BCUT2D eigenvalue weighted by atomic mass is 10.3. The quantitative estimate of drug-likeness (QED) is 0.325. The number of nitrogens with zero attached hydrogens (tertiary/aromatic N) is 5. The van der Waals surface area contributed by atoms with Gasteiger partial charge in [-0.15, -0.1) is 11.3 Å². The minimum Gasteiger partial charge on any atom is -0.486 e. The number of aryl methyl sites for hydroxylation is 1. The molecule has 36 heavy (non-hydrogen) atoms. The average molecular weight is 523 g/mol. The SMILES string of the molecule is C=CC(=O)N1CCC(Oc2ccc3ncnc(Nc4ccc(OCc5cnc(C)s5)c(Cl)c4)c3n2)C1. The molecular weight excluding hydrogens is 500 g/mol. The second kappa shape index (κ2) is 10.5. The van der Waals surface area contributed by atoms with Crippen molar-refractivity contribution in [2.24, 2.45) is 0 Å². The largest absolute Gasteiger partial charge is 0.486 e. The van der Waals surface area contributed by atoms with E-state index in [4.69, 9.17) is 21.1 Å². The molecule has 0 radical (unpaired) electrons. The maximum Gasteiger partial charge on any atom is 0.246 e. The van der Waals surface area contributed by atoms with Gasteiger partial charge in [0.25, 0.3) is 0 Å². The molecule has 5 rings (SSSR count). The molecule has 1 atom stereocenters. The summed E-state index contributed by atoms with van der Waals surface area (Å²) >= 11 is 8.06. The molecule has 1 N–H and O–H groups in total. The highest BCUT2D eigenvalue weighted by Gasteiger charge is 2.26. The molecule has 4 aromatic rings. The number of hydrogen-bond acceptors (Lipinski definition) is 9. The van der Waals surface area contributed by atoms with Crippen LogP contribution in [-0.4, -0.2) is 49.9 Å². The Morgan fingerprint density at radius 3 is 2.97 bits per heavy atom. The van der Waals surface area contributed by atoms with Crippen molar-refractivity contribution in [1.82, 2.24) is 24.8 Å². The van der Waals surface area contributed by atoms with E-state index in [1.807, 2.05) is 19.1 Å². The van der Waals surface area contributed by atoms with Crippen molar-refractivity contribution in [2.45, 2.75) is 26.1 Å². The minimum absolute atomic E-state index is 0.0961. The van der Waals surface area contributed by atoms with Crippen molar-refractivity contribution in [3.8, 4) is 11.6 Å². The molecule has 1 unspecified atom stereocenters. The van der Waals surface area contributed by atoms with Gasteiger partial charge in [-0.2, -0.15) is 0 Å². The van der Waals surface area contributed by atoms with Crippen LogP contribution in [0.15, 0.2) is 55.5 Å². The molecule has 1 aromatic carbocycles. The number of likely N-dealkylation sites (tertiary alicyclic amines) is 1. The van der Waals surface area contributed by atoms with Crippen LogP contribution in [0.25, 0.3) is 11.0 Å². The van der Waals surface area contributed by atoms with Gasteiger partial charge < -0.3 is 19.7 Å². The zero-order valence-electron chi connectivity index (χ0n) is 19.5. The molecular formula is C25H23ClN6O3S. The van der Waals surface area contributed by atoms with Crippen LogP contribution in [-0.2, 0) is 11.4 Å². The number of nitrogens with one attached hydrogen (secondary N) is 1. The molecule has 184 valence electrons. The van der Waals surface area contributed by atoms with Gasteiger partial charge in [0.05, 0.1) is 27.0 Å². The van der Waals surface area contributed by atoms with Gasteiger partial charge in [0, 0.05) is 30.9 Å². The fourth-order valence-electron chi connectivity index (χ4n) is 3.86. The van der Waals surface area contributed by atoms with E-state index < -0.39 is 0 Å². The number of benzene rings is 1. The van der Waals surface area contributed by atoms with Gasteiger partial charge in [0.2, 0.25) is 11.8 Å². The topological polar surface area (TPSA) is 102 Å². The van der Waals surface area contributed by atoms with Crippen LogP contribution in [0.5, 0.6) is 11.6 Å². The lowest BCUT2D eigenvalue weighted by Gasteiger charge is -2.15. The van der Waals surface area contributed by atoms with Gasteiger partial charge >= 0.3 is 0 Å². The van der Waals surface area contributed by atoms with Gasteiger partial charge in [-0.1, -0.05) is 18.2 Å². The van der Waals surface area contributed by atoms with E-state index in [0.29, 0.717) is 53.2 Å². The molecule has 1 aliphatic heterocycles. The molecule has 4 heterocycles. The molecule has 1 saturated heterocycles. The number of aromatic nitrogens is 4. The lowest BCUT2D eigenvalue weighted by molar-refractivity contribution is -0.125. The summed E-state index contributed by atoms with van der Waals surface area (Å²) in [5.41, 5.74) is 1.95. The number of hydrogen-bond donors (Lipinski definition) is 1. The summed E-state index contributed by atoms with van der Waals surface area (Å²) in [5.74, 6) is 1.44. The van der Waals surface area contributed by atoms with Crippen LogP contribution in [0.4, 0.5) is 11.5 Å². The number of ether oxygens (including phenoxy) is 2. The Bertz CT molecular complexity index is 1430. The maximum absolute atomic E-state index is 11.8. The van der Waals surface area contributed by atoms with E-state index in [2.05, 4.69) is 31.8 Å². The average Bonchev–Trinajstić information content (AvgIpc) is 3.52. The number of carbonyl (C=O) groups is 1. The van der Waals surface area contributed by atoms with Gasteiger partial charge in [0.1, 0.15) is 30.3 Å². The lowest BCUT2D eigenvalue weighted by Crippen LogP contribution is -2.29. The van der Waals surface area contributed by atoms with Crippen LogP contribution >= 0.6 is 22.9 Å². The summed E-state index contributed by atoms with van der Waals surface area (Å²) in [6.07, 6.45) is 5.18. The van der Waals surface area contributed by atoms with Crippen molar-refractivity contribution in [1.29, 1.82) is 0 Å². The second-order valence-corrected chi connectivity index (χ2v) is 9.89. The molecule has 11 heteroatoms. The number of anilines is 2. The molecule has 3 aromatic heterocycles. The normalized spacial score (nSPS) is 15.2. The van der Waals surface area contributed by atoms with Gasteiger partial charge in [-0.25, -0.2) is 19.9 Å². The molecule has 0 bridgehead atoms. The summed E-state index contributed by atoms with van der Waals surface area (Å²) < 4.78 is 11.9. The first-order chi connectivity index (χ1) is 17.5. The Morgan fingerprint density at radius 1 is 1.31 bits per heavy atom. The monoisotopic (exact) mass is 522 g/mol. The second-order valence-electron chi connectivity index (χ2n) is 8.16. The minimum atomic E-state index is -0.139. The molecule has 1 fully saturated rings. The Labute approximate surface area is 216 Å². The number of amides is 1. The summed E-state index contributed by atoms with van der Waals surface area (Å²) in [5, 5.41) is 4.72. The van der Waals surface area contributed by atoms with E-state index in [0.717, 1.165) is 22.0 Å². The van der Waals surface area contributed by atoms with Crippen LogP contribution in [0.3, 0.4) is 0 Å². The van der Waals surface area contributed by atoms with Crippen molar-refractivity contribution in [3.05, 3.63) is 70.4 Å². The summed E-state index contributed by atoms with van der Waals surface area (Å²) in [4.78, 5) is 32.1. The van der Waals surface area contributed by atoms with E-state index in [1.54, 1.807) is 40.6 Å². The third-order valence-corrected chi connectivity index (χ3v) is 6.79. The predicted octanol–water partition coefficient (Wildman–Crippen LogP) is 4.93. The first kappa shape index (κ1) is 24.0.